The molecule has 3 nitrogen and oxygen atoms in total. The van der Waals surface area contributed by atoms with Crippen LogP contribution in [-0.2, 0) is 6.54 Å². The quantitative estimate of drug-likeness (QED) is 0.774. The van der Waals surface area contributed by atoms with E-state index >= 15 is 0 Å². The number of nitrogens with one attached hydrogen (secondary N) is 1. The second-order valence-electron chi connectivity index (χ2n) is 4.49. The molecule has 1 saturated carbocycles. The summed E-state index contributed by atoms with van der Waals surface area (Å²) in [5, 5.41) is 8.80. The van der Waals surface area contributed by atoms with E-state index in [2.05, 4.69) is 17.3 Å². The molecule has 0 aromatic carbocycles. The molecule has 1 fully saturated rings. The van der Waals surface area contributed by atoms with Gasteiger partial charge in [-0.15, -0.1) is 0 Å². The zero-order chi connectivity index (χ0) is 9.71. The van der Waals surface area contributed by atoms with Crippen molar-refractivity contribution in [2.24, 2.45) is 5.92 Å². The van der Waals surface area contributed by atoms with Crippen molar-refractivity contribution in [2.75, 3.05) is 11.9 Å². The summed E-state index contributed by atoms with van der Waals surface area (Å²) in [5.41, 5.74) is 1.11. The molecule has 4 heteroatoms. The SMILES string of the molecule is CC1CNc2c(Cl)c(C3CC3)nn2C1. The van der Waals surface area contributed by atoms with Crippen molar-refractivity contribution in [1.82, 2.24) is 9.78 Å². The number of anilines is 1. The molecule has 0 amide bonds. The molecule has 1 aliphatic heterocycles. The van der Waals surface area contributed by atoms with Gasteiger partial charge in [0.25, 0.3) is 0 Å². The lowest BCUT2D eigenvalue weighted by molar-refractivity contribution is 0.443. The molecule has 14 heavy (non-hydrogen) atoms. The van der Waals surface area contributed by atoms with Crippen LogP contribution >= 0.6 is 11.6 Å². The maximum Gasteiger partial charge on any atom is 0.143 e. The predicted molar refractivity (Wildman–Crippen MR) is 56.9 cm³/mol. The van der Waals surface area contributed by atoms with Crippen LogP contribution in [0, 0.1) is 5.92 Å². The average Bonchev–Trinajstić information content (AvgIpc) is 2.93. The minimum absolute atomic E-state index is 0.637. The van der Waals surface area contributed by atoms with Crippen molar-refractivity contribution in [3.8, 4) is 0 Å². The van der Waals surface area contributed by atoms with Gasteiger partial charge in [-0.25, -0.2) is 4.68 Å². The lowest BCUT2D eigenvalue weighted by Gasteiger charge is -2.21. The monoisotopic (exact) mass is 211 g/mol. The molecular formula is C10H14ClN3. The predicted octanol–water partition coefficient (Wildman–Crippen LogP) is 2.48. The fourth-order valence-electron chi connectivity index (χ4n) is 2.01. The van der Waals surface area contributed by atoms with Gasteiger partial charge in [-0.05, 0) is 18.8 Å². The third-order valence-electron chi connectivity index (χ3n) is 2.99. The second-order valence-corrected chi connectivity index (χ2v) is 4.87. The summed E-state index contributed by atoms with van der Waals surface area (Å²) < 4.78 is 2.03. The molecule has 2 aliphatic rings. The van der Waals surface area contributed by atoms with E-state index in [1.807, 2.05) is 4.68 Å². The van der Waals surface area contributed by atoms with Crippen molar-refractivity contribution in [2.45, 2.75) is 32.2 Å². The highest BCUT2D eigenvalue weighted by Crippen LogP contribution is 2.45. The fourth-order valence-corrected chi connectivity index (χ4v) is 2.36. The molecule has 1 aliphatic carbocycles. The molecule has 1 N–H and O–H groups in total. The summed E-state index contributed by atoms with van der Waals surface area (Å²) in [4.78, 5) is 0. The van der Waals surface area contributed by atoms with Crippen LogP contribution in [0.15, 0.2) is 0 Å². The van der Waals surface area contributed by atoms with Gasteiger partial charge in [-0.2, -0.15) is 5.10 Å². The van der Waals surface area contributed by atoms with Crippen molar-refractivity contribution in [1.29, 1.82) is 0 Å². The Morgan fingerprint density at radius 2 is 2.29 bits per heavy atom. The van der Waals surface area contributed by atoms with Crippen molar-refractivity contribution in [3.05, 3.63) is 10.7 Å². The molecule has 0 bridgehead atoms. The first-order chi connectivity index (χ1) is 6.75. The zero-order valence-electron chi connectivity index (χ0n) is 8.26. The van der Waals surface area contributed by atoms with Gasteiger partial charge < -0.3 is 5.32 Å². The Labute approximate surface area is 88.4 Å². The topological polar surface area (TPSA) is 29.9 Å². The molecule has 0 radical (unpaired) electrons. The third-order valence-corrected chi connectivity index (χ3v) is 3.36. The van der Waals surface area contributed by atoms with Crippen molar-refractivity contribution in [3.63, 3.8) is 0 Å². The molecule has 1 aromatic rings. The summed E-state index contributed by atoms with van der Waals surface area (Å²) >= 11 is 6.28. The van der Waals surface area contributed by atoms with E-state index in [0.717, 1.165) is 29.6 Å². The molecular weight excluding hydrogens is 198 g/mol. The Hall–Kier alpha value is -0.700. The smallest absolute Gasteiger partial charge is 0.143 e. The molecule has 76 valence electrons. The summed E-state index contributed by atoms with van der Waals surface area (Å²) in [7, 11) is 0. The fraction of sp³-hybridized carbons (Fsp3) is 0.700. The number of fused-ring (bicyclic) bond motifs is 1. The van der Waals surface area contributed by atoms with Crippen LogP contribution in [0.4, 0.5) is 5.82 Å². The lowest BCUT2D eigenvalue weighted by atomic mass is 10.1. The Morgan fingerprint density at radius 1 is 1.50 bits per heavy atom. The maximum absolute atomic E-state index is 6.28. The van der Waals surface area contributed by atoms with Gasteiger partial charge in [0.15, 0.2) is 0 Å². The van der Waals surface area contributed by atoms with E-state index in [1.54, 1.807) is 0 Å². The van der Waals surface area contributed by atoms with Crippen LogP contribution in [-0.4, -0.2) is 16.3 Å². The van der Waals surface area contributed by atoms with Crippen LogP contribution in [0.2, 0.25) is 5.02 Å². The number of hydrogen-bond acceptors (Lipinski definition) is 2. The van der Waals surface area contributed by atoms with E-state index < -0.39 is 0 Å². The number of aromatic nitrogens is 2. The molecule has 0 spiro atoms. The van der Waals surface area contributed by atoms with E-state index in [0.29, 0.717) is 11.8 Å². The number of halogens is 1. The lowest BCUT2D eigenvalue weighted by Crippen LogP contribution is -2.25. The van der Waals surface area contributed by atoms with E-state index in [-0.39, 0.29) is 0 Å². The molecule has 3 rings (SSSR count). The van der Waals surface area contributed by atoms with Crippen molar-refractivity contribution < 1.29 is 0 Å². The third kappa shape index (κ3) is 1.22. The molecule has 1 atom stereocenters. The number of rotatable bonds is 1. The first-order valence-electron chi connectivity index (χ1n) is 5.25. The second kappa shape index (κ2) is 2.89. The van der Waals surface area contributed by atoms with Gasteiger partial charge in [-0.3, -0.25) is 0 Å². The summed E-state index contributed by atoms with van der Waals surface area (Å²) in [5.74, 6) is 2.31. The minimum Gasteiger partial charge on any atom is -0.369 e. The van der Waals surface area contributed by atoms with Gasteiger partial charge in [0.1, 0.15) is 10.8 Å². The number of nitrogens with zero attached hydrogens (tertiary/aromatic N) is 2. The average molecular weight is 212 g/mol. The highest BCUT2D eigenvalue weighted by atomic mass is 35.5. The standard InChI is InChI=1S/C10H14ClN3/c1-6-4-12-10-8(11)9(7-2-3-7)13-14(10)5-6/h6-7,12H,2-5H2,1H3. The Balaban J connectivity index is 2.01. The van der Waals surface area contributed by atoms with Gasteiger partial charge >= 0.3 is 0 Å². The Bertz CT molecular complexity index is 368. The first kappa shape index (κ1) is 8.60. The molecule has 1 unspecified atom stereocenters. The van der Waals surface area contributed by atoms with E-state index in [1.165, 1.54) is 12.8 Å². The number of hydrogen-bond donors (Lipinski definition) is 1. The summed E-state index contributed by atoms with van der Waals surface area (Å²) in [6.07, 6.45) is 2.51. The maximum atomic E-state index is 6.28. The Morgan fingerprint density at radius 3 is 3.00 bits per heavy atom. The van der Waals surface area contributed by atoms with Crippen LogP contribution in [0.5, 0.6) is 0 Å². The van der Waals surface area contributed by atoms with Crippen LogP contribution < -0.4 is 5.32 Å². The van der Waals surface area contributed by atoms with E-state index in [4.69, 9.17) is 11.6 Å². The van der Waals surface area contributed by atoms with Crippen LogP contribution in [0.3, 0.4) is 0 Å². The Kier molecular flexibility index (Phi) is 1.78. The molecule has 2 heterocycles. The van der Waals surface area contributed by atoms with E-state index in [9.17, 15) is 0 Å². The minimum atomic E-state index is 0.637. The van der Waals surface area contributed by atoms with Gasteiger partial charge in [0, 0.05) is 19.0 Å². The highest BCUT2D eigenvalue weighted by Gasteiger charge is 2.32. The summed E-state index contributed by atoms with van der Waals surface area (Å²) in [6.45, 7) is 4.23. The zero-order valence-corrected chi connectivity index (χ0v) is 9.01. The first-order valence-corrected chi connectivity index (χ1v) is 5.63. The summed E-state index contributed by atoms with van der Waals surface area (Å²) in [6, 6.07) is 0. The largest absolute Gasteiger partial charge is 0.369 e. The van der Waals surface area contributed by atoms with Crippen LogP contribution in [0.25, 0.3) is 0 Å². The molecule has 0 saturated heterocycles. The van der Waals surface area contributed by atoms with Gasteiger partial charge in [0.05, 0.1) is 5.69 Å². The van der Waals surface area contributed by atoms with Crippen molar-refractivity contribution >= 4 is 17.4 Å². The normalized spacial score (nSPS) is 25.7. The van der Waals surface area contributed by atoms with Gasteiger partial charge in [-0.1, -0.05) is 18.5 Å². The van der Waals surface area contributed by atoms with Crippen LogP contribution in [0.1, 0.15) is 31.4 Å². The van der Waals surface area contributed by atoms with Gasteiger partial charge in [0.2, 0.25) is 0 Å². The highest BCUT2D eigenvalue weighted by molar-refractivity contribution is 6.33. The molecule has 1 aromatic heterocycles.